The summed E-state index contributed by atoms with van der Waals surface area (Å²) < 4.78 is 14.7. The van der Waals surface area contributed by atoms with Crippen molar-refractivity contribution in [3.63, 3.8) is 0 Å². The number of hydrogen-bond acceptors (Lipinski definition) is 5. The second kappa shape index (κ2) is 5.85. The van der Waals surface area contributed by atoms with Crippen LogP contribution in [0, 0.1) is 0 Å². The van der Waals surface area contributed by atoms with E-state index >= 15 is 0 Å². The van der Waals surface area contributed by atoms with Crippen LogP contribution < -0.4 is 0 Å². The fourth-order valence-corrected chi connectivity index (χ4v) is 0.865. The van der Waals surface area contributed by atoms with Gasteiger partial charge in [-0.3, -0.25) is 0 Å². The Balaban J connectivity index is 2.59. The Morgan fingerprint density at radius 1 is 1.53 bits per heavy atom. The Labute approximate surface area is 87.7 Å². The first-order valence-corrected chi connectivity index (χ1v) is 4.68. The molecule has 1 aromatic heterocycles. The van der Waals surface area contributed by atoms with Gasteiger partial charge in [-0.05, 0) is 13.8 Å². The molecule has 5 heteroatoms. The molecule has 15 heavy (non-hydrogen) atoms. The van der Waals surface area contributed by atoms with Crippen LogP contribution in [0.2, 0.25) is 0 Å². The van der Waals surface area contributed by atoms with Gasteiger partial charge in [0.2, 0.25) is 5.89 Å². The minimum absolute atomic E-state index is 0.160. The number of ether oxygens (including phenoxy) is 2. The number of carbonyl (C=O) groups excluding carboxylic acids is 1. The first-order valence-electron chi connectivity index (χ1n) is 4.68. The smallest absolute Gasteiger partial charge is 0.360 e. The van der Waals surface area contributed by atoms with Gasteiger partial charge in [0, 0.05) is 6.08 Å². The number of aromatic nitrogens is 1. The molecule has 0 spiro atoms. The van der Waals surface area contributed by atoms with E-state index in [0.29, 0.717) is 19.1 Å². The lowest BCUT2D eigenvalue weighted by molar-refractivity contribution is 0.0519. The highest BCUT2D eigenvalue weighted by molar-refractivity contribution is 5.86. The molecule has 1 aromatic rings. The lowest BCUT2D eigenvalue weighted by Gasteiger charge is -1.94. The van der Waals surface area contributed by atoms with Crippen LogP contribution in [0.1, 0.15) is 30.2 Å². The third-order valence-corrected chi connectivity index (χ3v) is 1.48. The normalized spacial score (nSPS) is 10.5. The number of carbonyl (C=O) groups is 1. The largest absolute Gasteiger partial charge is 0.501 e. The van der Waals surface area contributed by atoms with Gasteiger partial charge >= 0.3 is 5.97 Å². The van der Waals surface area contributed by atoms with Crippen LogP contribution in [-0.4, -0.2) is 24.2 Å². The predicted molar refractivity (Wildman–Crippen MR) is 53.1 cm³/mol. The number of oxazole rings is 1. The molecule has 0 radical (unpaired) electrons. The Bertz CT molecular complexity index is 343. The molecule has 1 heterocycles. The molecule has 5 nitrogen and oxygen atoms in total. The summed E-state index contributed by atoms with van der Waals surface area (Å²) in [5.74, 6) is -0.177. The second-order valence-electron chi connectivity index (χ2n) is 2.55. The summed E-state index contributed by atoms with van der Waals surface area (Å²) in [4.78, 5) is 15.1. The topological polar surface area (TPSA) is 61.6 Å². The zero-order chi connectivity index (χ0) is 11.1. The van der Waals surface area contributed by atoms with Crippen molar-refractivity contribution in [2.75, 3.05) is 13.2 Å². The molecule has 0 aliphatic heterocycles. The zero-order valence-electron chi connectivity index (χ0n) is 8.73. The molecule has 82 valence electrons. The molecule has 0 saturated carbocycles. The molecule has 0 amide bonds. The van der Waals surface area contributed by atoms with Gasteiger partial charge < -0.3 is 13.9 Å². The van der Waals surface area contributed by atoms with E-state index in [1.807, 2.05) is 6.92 Å². The van der Waals surface area contributed by atoms with Crippen LogP contribution in [0.4, 0.5) is 0 Å². The van der Waals surface area contributed by atoms with Gasteiger partial charge in [-0.2, -0.15) is 0 Å². The van der Waals surface area contributed by atoms with Crippen LogP contribution >= 0.6 is 0 Å². The standard InChI is InChI=1S/C10H13NO4/c1-3-13-6-5-9-11-8(7-15-9)10(12)14-4-2/h5-7H,3-4H2,1-2H3/b6-5+. The average molecular weight is 211 g/mol. The maximum atomic E-state index is 11.2. The van der Waals surface area contributed by atoms with E-state index in [1.165, 1.54) is 18.6 Å². The van der Waals surface area contributed by atoms with E-state index in [1.54, 1.807) is 6.92 Å². The van der Waals surface area contributed by atoms with Gasteiger partial charge in [-0.15, -0.1) is 0 Å². The molecule has 0 N–H and O–H groups in total. The number of nitrogens with zero attached hydrogens (tertiary/aromatic N) is 1. The van der Waals surface area contributed by atoms with Crippen molar-refractivity contribution in [3.8, 4) is 0 Å². The zero-order valence-corrected chi connectivity index (χ0v) is 8.73. The molecule has 0 aliphatic carbocycles. The van der Waals surface area contributed by atoms with E-state index in [9.17, 15) is 4.79 Å². The molecule has 0 aliphatic rings. The predicted octanol–water partition coefficient (Wildman–Crippen LogP) is 1.86. The summed E-state index contributed by atoms with van der Waals surface area (Å²) in [6.07, 6.45) is 4.25. The van der Waals surface area contributed by atoms with Crippen molar-refractivity contribution in [3.05, 3.63) is 24.1 Å². The summed E-state index contributed by atoms with van der Waals surface area (Å²) in [6.45, 7) is 4.48. The van der Waals surface area contributed by atoms with Crippen molar-refractivity contribution in [1.29, 1.82) is 0 Å². The average Bonchev–Trinajstić information content (AvgIpc) is 2.67. The minimum Gasteiger partial charge on any atom is -0.501 e. The molecule has 0 unspecified atom stereocenters. The lowest BCUT2D eigenvalue weighted by Crippen LogP contribution is -2.04. The minimum atomic E-state index is -0.489. The quantitative estimate of drug-likeness (QED) is 0.549. The number of rotatable bonds is 5. The van der Waals surface area contributed by atoms with E-state index in [0.717, 1.165) is 0 Å². The van der Waals surface area contributed by atoms with Crippen LogP contribution in [0.5, 0.6) is 0 Å². The lowest BCUT2D eigenvalue weighted by atomic mass is 10.5. The fraction of sp³-hybridized carbons (Fsp3) is 0.400. The highest BCUT2D eigenvalue weighted by Gasteiger charge is 2.11. The van der Waals surface area contributed by atoms with Crippen molar-refractivity contribution in [2.45, 2.75) is 13.8 Å². The number of esters is 1. The van der Waals surface area contributed by atoms with Gasteiger partial charge in [0.05, 0.1) is 19.5 Å². The summed E-state index contributed by atoms with van der Waals surface area (Å²) >= 11 is 0. The third kappa shape index (κ3) is 3.46. The van der Waals surface area contributed by atoms with Gasteiger partial charge in [-0.1, -0.05) is 0 Å². The van der Waals surface area contributed by atoms with Crippen LogP contribution in [0.3, 0.4) is 0 Å². The first kappa shape index (κ1) is 11.3. The Morgan fingerprint density at radius 3 is 3.00 bits per heavy atom. The highest BCUT2D eigenvalue weighted by Crippen LogP contribution is 2.05. The second-order valence-corrected chi connectivity index (χ2v) is 2.55. The van der Waals surface area contributed by atoms with E-state index in [4.69, 9.17) is 13.9 Å². The van der Waals surface area contributed by atoms with Crippen molar-refractivity contribution in [2.24, 2.45) is 0 Å². The Hall–Kier alpha value is -1.78. The molecular weight excluding hydrogens is 198 g/mol. The van der Waals surface area contributed by atoms with Crippen molar-refractivity contribution >= 4 is 12.0 Å². The van der Waals surface area contributed by atoms with Crippen molar-refractivity contribution < 1.29 is 18.7 Å². The van der Waals surface area contributed by atoms with Gasteiger partial charge in [-0.25, -0.2) is 9.78 Å². The maximum Gasteiger partial charge on any atom is 0.360 e. The summed E-state index contributed by atoms with van der Waals surface area (Å²) in [6, 6.07) is 0. The highest BCUT2D eigenvalue weighted by atomic mass is 16.5. The first-order chi connectivity index (χ1) is 7.27. The molecule has 0 atom stereocenters. The van der Waals surface area contributed by atoms with E-state index in [2.05, 4.69) is 4.98 Å². The van der Waals surface area contributed by atoms with Crippen LogP contribution in [-0.2, 0) is 9.47 Å². The Kier molecular flexibility index (Phi) is 4.40. The third-order valence-electron chi connectivity index (χ3n) is 1.48. The van der Waals surface area contributed by atoms with Gasteiger partial charge in [0.15, 0.2) is 5.69 Å². The number of hydrogen-bond donors (Lipinski definition) is 0. The molecule has 0 bridgehead atoms. The van der Waals surface area contributed by atoms with Crippen LogP contribution in [0.15, 0.2) is 16.9 Å². The SMILES string of the molecule is CCO/C=C/c1nc(C(=O)OCC)co1. The summed E-state index contributed by atoms with van der Waals surface area (Å²) in [5.41, 5.74) is 0.160. The molecule has 0 aromatic carbocycles. The monoisotopic (exact) mass is 211 g/mol. The van der Waals surface area contributed by atoms with E-state index < -0.39 is 5.97 Å². The van der Waals surface area contributed by atoms with Gasteiger partial charge in [0.25, 0.3) is 0 Å². The van der Waals surface area contributed by atoms with E-state index in [-0.39, 0.29) is 5.69 Å². The maximum absolute atomic E-state index is 11.2. The molecule has 1 rings (SSSR count). The Morgan fingerprint density at radius 2 is 2.33 bits per heavy atom. The molecular formula is C10H13NO4. The molecule has 0 saturated heterocycles. The van der Waals surface area contributed by atoms with Crippen LogP contribution in [0.25, 0.3) is 6.08 Å². The summed E-state index contributed by atoms with van der Waals surface area (Å²) in [5, 5.41) is 0. The van der Waals surface area contributed by atoms with Gasteiger partial charge in [0.1, 0.15) is 6.26 Å². The van der Waals surface area contributed by atoms with Crippen molar-refractivity contribution in [1.82, 2.24) is 4.98 Å². The molecule has 0 fully saturated rings. The fourth-order valence-electron chi connectivity index (χ4n) is 0.865. The summed E-state index contributed by atoms with van der Waals surface area (Å²) in [7, 11) is 0.